The highest BCUT2D eigenvalue weighted by Crippen LogP contribution is 2.39. The molecule has 0 aliphatic carbocycles. The molecule has 1 atom stereocenters. The summed E-state index contributed by atoms with van der Waals surface area (Å²) in [6.07, 6.45) is 0. The minimum absolute atomic E-state index is 0.310. The van der Waals surface area contributed by atoms with Gasteiger partial charge < -0.3 is 10.1 Å². The number of nitrogens with one attached hydrogen (secondary N) is 1. The number of para-hydroxylation sites is 2. The van der Waals surface area contributed by atoms with E-state index >= 15 is 0 Å². The summed E-state index contributed by atoms with van der Waals surface area (Å²) in [4.78, 5) is 17.5. The third kappa shape index (κ3) is 2.70. The van der Waals surface area contributed by atoms with Crippen molar-refractivity contribution in [3.8, 4) is 0 Å². The number of carbonyl (C=O) groups excluding carboxylic acids is 1. The Morgan fingerprint density at radius 2 is 2.08 bits per heavy atom. The second-order valence-electron chi connectivity index (χ2n) is 6.14. The quantitative estimate of drug-likeness (QED) is 0.637. The van der Waals surface area contributed by atoms with Crippen molar-refractivity contribution in [1.82, 2.24) is 9.55 Å². The highest BCUT2D eigenvalue weighted by Gasteiger charge is 2.34. The SMILES string of the molecule is CCOC(=O)C1=C(C)Nc2nc3ccccc3n2C1c1cccc(Br)c1. The summed E-state index contributed by atoms with van der Waals surface area (Å²) in [5.41, 5.74) is 4.20. The molecule has 3 aromatic rings. The van der Waals surface area contributed by atoms with Gasteiger partial charge in [0.15, 0.2) is 0 Å². The zero-order chi connectivity index (χ0) is 18.3. The highest BCUT2D eigenvalue weighted by atomic mass is 79.9. The first kappa shape index (κ1) is 16.8. The molecule has 1 unspecified atom stereocenters. The van der Waals surface area contributed by atoms with Crippen LogP contribution >= 0.6 is 15.9 Å². The number of allylic oxidation sites excluding steroid dienone is 1. The first-order valence-corrected chi connectivity index (χ1v) is 9.26. The molecule has 0 saturated carbocycles. The molecule has 1 aliphatic rings. The van der Waals surface area contributed by atoms with Crippen molar-refractivity contribution in [3.63, 3.8) is 0 Å². The fraction of sp³-hybridized carbons (Fsp3) is 0.200. The van der Waals surface area contributed by atoms with Gasteiger partial charge in [-0.15, -0.1) is 0 Å². The Morgan fingerprint density at radius 3 is 2.85 bits per heavy atom. The Morgan fingerprint density at radius 1 is 1.27 bits per heavy atom. The van der Waals surface area contributed by atoms with Crippen LogP contribution in [-0.2, 0) is 9.53 Å². The largest absolute Gasteiger partial charge is 0.463 e. The summed E-state index contributed by atoms with van der Waals surface area (Å²) in [6.45, 7) is 4.04. The number of anilines is 1. The number of hydrogen-bond acceptors (Lipinski definition) is 4. The van der Waals surface area contributed by atoms with Crippen LogP contribution in [0.25, 0.3) is 11.0 Å². The molecule has 2 heterocycles. The van der Waals surface area contributed by atoms with E-state index in [2.05, 4.69) is 25.8 Å². The molecule has 5 nitrogen and oxygen atoms in total. The number of rotatable bonds is 3. The van der Waals surface area contributed by atoms with Crippen LogP contribution in [0.15, 0.2) is 64.3 Å². The van der Waals surface area contributed by atoms with Crippen LogP contribution in [0.4, 0.5) is 5.95 Å². The number of imidazole rings is 1. The van der Waals surface area contributed by atoms with Crippen molar-refractivity contribution < 1.29 is 9.53 Å². The second kappa shape index (κ2) is 6.61. The number of nitrogens with zero attached hydrogens (tertiary/aromatic N) is 2. The van der Waals surface area contributed by atoms with E-state index in [1.807, 2.05) is 62.4 Å². The maximum absolute atomic E-state index is 12.8. The van der Waals surface area contributed by atoms with E-state index in [0.29, 0.717) is 12.2 Å². The zero-order valence-corrected chi connectivity index (χ0v) is 16.1. The average Bonchev–Trinajstić information content (AvgIpc) is 2.98. The average molecular weight is 412 g/mol. The monoisotopic (exact) mass is 411 g/mol. The van der Waals surface area contributed by atoms with Crippen molar-refractivity contribution in [2.24, 2.45) is 0 Å². The second-order valence-corrected chi connectivity index (χ2v) is 7.05. The molecule has 1 N–H and O–H groups in total. The van der Waals surface area contributed by atoms with E-state index in [0.717, 1.165) is 32.7 Å². The number of halogens is 1. The van der Waals surface area contributed by atoms with E-state index in [4.69, 9.17) is 9.72 Å². The molecule has 0 spiro atoms. The van der Waals surface area contributed by atoms with Crippen LogP contribution in [0, 0.1) is 0 Å². The van der Waals surface area contributed by atoms with Gasteiger partial charge in [0.05, 0.1) is 29.3 Å². The molecule has 0 amide bonds. The van der Waals surface area contributed by atoms with Crippen molar-refractivity contribution in [3.05, 3.63) is 69.8 Å². The van der Waals surface area contributed by atoms with Gasteiger partial charge in [0.25, 0.3) is 0 Å². The van der Waals surface area contributed by atoms with Gasteiger partial charge >= 0.3 is 5.97 Å². The van der Waals surface area contributed by atoms with Crippen LogP contribution < -0.4 is 5.32 Å². The lowest BCUT2D eigenvalue weighted by molar-refractivity contribution is -0.139. The first-order valence-electron chi connectivity index (χ1n) is 8.47. The zero-order valence-electron chi connectivity index (χ0n) is 14.5. The molecule has 0 bridgehead atoms. The predicted molar refractivity (Wildman–Crippen MR) is 105 cm³/mol. The Kier molecular flexibility index (Phi) is 4.28. The molecule has 0 radical (unpaired) electrons. The van der Waals surface area contributed by atoms with E-state index < -0.39 is 0 Å². The highest BCUT2D eigenvalue weighted by molar-refractivity contribution is 9.10. The van der Waals surface area contributed by atoms with Crippen LogP contribution in [0.1, 0.15) is 25.5 Å². The fourth-order valence-corrected chi connectivity index (χ4v) is 3.85. The summed E-state index contributed by atoms with van der Waals surface area (Å²) in [7, 11) is 0. The van der Waals surface area contributed by atoms with Gasteiger partial charge in [0.2, 0.25) is 5.95 Å². The number of aromatic nitrogens is 2. The lowest BCUT2D eigenvalue weighted by Crippen LogP contribution is -2.29. The summed E-state index contributed by atoms with van der Waals surface area (Å²) in [5, 5.41) is 3.27. The van der Waals surface area contributed by atoms with E-state index in [1.165, 1.54) is 0 Å². The molecule has 4 rings (SSSR count). The first-order chi connectivity index (χ1) is 12.6. The number of esters is 1. The van der Waals surface area contributed by atoms with Crippen molar-refractivity contribution >= 4 is 38.9 Å². The van der Waals surface area contributed by atoms with Crippen molar-refractivity contribution in [2.75, 3.05) is 11.9 Å². The van der Waals surface area contributed by atoms with Crippen molar-refractivity contribution in [2.45, 2.75) is 19.9 Å². The maximum Gasteiger partial charge on any atom is 0.338 e. The van der Waals surface area contributed by atoms with Gasteiger partial charge in [-0.25, -0.2) is 9.78 Å². The summed E-state index contributed by atoms with van der Waals surface area (Å²) in [6, 6.07) is 15.6. The molecule has 26 heavy (non-hydrogen) atoms. The molecule has 1 aromatic heterocycles. The lowest BCUT2D eigenvalue weighted by Gasteiger charge is -2.30. The van der Waals surface area contributed by atoms with Crippen molar-refractivity contribution in [1.29, 1.82) is 0 Å². The Bertz CT molecular complexity index is 1040. The molecule has 1 aliphatic heterocycles. The van der Waals surface area contributed by atoms with Gasteiger partial charge in [-0.3, -0.25) is 4.57 Å². The molecule has 0 fully saturated rings. The smallest absolute Gasteiger partial charge is 0.338 e. The van der Waals surface area contributed by atoms with Gasteiger partial charge in [-0.05, 0) is 43.7 Å². The normalized spacial score (nSPS) is 16.3. The molecular formula is C20H18BrN3O2. The number of fused-ring (bicyclic) bond motifs is 3. The standard InChI is InChI=1S/C20H18BrN3O2/c1-3-26-19(25)17-12(2)22-20-23-15-9-4-5-10-16(15)24(20)18(17)13-7-6-8-14(21)11-13/h4-11,18H,3H2,1-2H3,(H,22,23). The van der Waals surface area contributed by atoms with E-state index in [-0.39, 0.29) is 12.0 Å². The number of hydrogen-bond donors (Lipinski definition) is 1. The number of ether oxygens (including phenoxy) is 1. The minimum atomic E-state index is -0.314. The van der Waals surface area contributed by atoms with E-state index in [1.54, 1.807) is 0 Å². The third-order valence-electron chi connectivity index (χ3n) is 4.49. The molecule has 0 saturated heterocycles. The Balaban J connectivity index is 1.99. The van der Waals surface area contributed by atoms with Crippen LogP contribution in [0.2, 0.25) is 0 Å². The van der Waals surface area contributed by atoms with Gasteiger partial charge in [0.1, 0.15) is 0 Å². The molecule has 132 valence electrons. The molecule has 6 heteroatoms. The minimum Gasteiger partial charge on any atom is -0.463 e. The third-order valence-corrected chi connectivity index (χ3v) is 4.98. The number of carbonyl (C=O) groups is 1. The summed E-state index contributed by atoms with van der Waals surface area (Å²) in [5.74, 6) is 0.410. The summed E-state index contributed by atoms with van der Waals surface area (Å²) >= 11 is 3.54. The molecule has 2 aromatic carbocycles. The topological polar surface area (TPSA) is 56.1 Å². The van der Waals surface area contributed by atoms with Gasteiger partial charge in [0, 0.05) is 10.2 Å². The lowest BCUT2D eigenvalue weighted by atomic mass is 9.95. The van der Waals surface area contributed by atoms with E-state index in [9.17, 15) is 4.79 Å². The number of benzene rings is 2. The Labute approximate surface area is 159 Å². The summed E-state index contributed by atoms with van der Waals surface area (Å²) < 4.78 is 8.38. The van der Waals surface area contributed by atoms with Crippen LogP contribution in [-0.4, -0.2) is 22.1 Å². The maximum atomic E-state index is 12.8. The van der Waals surface area contributed by atoms with Crippen LogP contribution in [0.5, 0.6) is 0 Å². The van der Waals surface area contributed by atoms with Crippen LogP contribution in [0.3, 0.4) is 0 Å². The fourth-order valence-electron chi connectivity index (χ4n) is 3.43. The molecular weight excluding hydrogens is 394 g/mol. The van der Waals surface area contributed by atoms with Gasteiger partial charge in [-0.1, -0.05) is 40.2 Å². The Hall–Kier alpha value is -2.60. The van der Waals surface area contributed by atoms with Gasteiger partial charge in [-0.2, -0.15) is 0 Å². The predicted octanol–water partition coefficient (Wildman–Crippen LogP) is 4.65.